The lowest BCUT2D eigenvalue weighted by Crippen LogP contribution is -2.00. The first kappa shape index (κ1) is 10.7. The van der Waals surface area contributed by atoms with Crippen LogP contribution >= 0.6 is 22.6 Å². The molecule has 0 bridgehead atoms. The van der Waals surface area contributed by atoms with Crippen LogP contribution in [0.1, 0.15) is 13.3 Å². The van der Waals surface area contributed by atoms with Gasteiger partial charge < -0.3 is 5.32 Å². The highest BCUT2D eigenvalue weighted by Gasteiger charge is 2.01. The van der Waals surface area contributed by atoms with Gasteiger partial charge in [-0.1, -0.05) is 6.92 Å². The standard InChI is InChI=1S/C12H13IN2/c1-2-6-14-12-5-7-15-11-4-3-9(13)8-10(11)12/h3-5,7-8H,2,6H2,1H3,(H,14,15). The van der Waals surface area contributed by atoms with Crippen LogP contribution in [0.15, 0.2) is 30.5 Å². The van der Waals surface area contributed by atoms with Crippen molar-refractivity contribution in [3.63, 3.8) is 0 Å². The molecule has 0 radical (unpaired) electrons. The molecule has 1 heterocycles. The van der Waals surface area contributed by atoms with Crippen molar-refractivity contribution in [3.8, 4) is 0 Å². The zero-order valence-electron chi connectivity index (χ0n) is 8.63. The van der Waals surface area contributed by atoms with Crippen LogP contribution in [-0.2, 0) is 0 Å². The molecule has 15 heavy (non-hydrogen) atoms. The molecule has 0 aliphatic heterocycles. The Bertz CT molecular complexity index is 468. The van der Waals surface area contributed by atoms with Gasteiger partial charge in [-0.25, -0.2) is 0 Å². The first-order chi connectivity index (χ1) is 7.31. The molecule has 0 saturated heterocycles. The Morgan fingerprint density at radius 3 is 3.00 bits per heavy atom. The molecular weight excluding hydrogens is 299 g/mol. The second kappa shape index (κ2) is 4.79. The van der Waals surface area contributed by atoms with Crippen LogP contribution in [0, 0.1) is 3.57 Å². The van der Waals surface area contributed by atoms with Crippen LogP contribution in [0.25, 0.3) is 10.9 Å². The Hall–Kier alpha value is -0.840. The molecule has 0 unspecified atom stereocenters. The highest BCUT2D eigenvalue weighted by atomic mass is 127. The van der Waals surface area contributed by atoms with Gasteiger partial charge in [0.1, 0.15) is 0 Å². The lowest BCUT2D eigenvalue weighted by Gasteiger charge is -2.08. The SMILES string of the molecule is CCCNc1ccnc2ccc(I)cc12. The summed E-state index contributed by atoms with van der Waals surface area (Å²) in [6.07, 6.45) is 2.99. The minimum absolute atomic E-state index is 1.00. The van der Waals surface area contributed by atoms with Crippen LogP contribution < -0.4 is 5.32 Å². The second-order valence-corrected chi connectivity index (χ2v) is 4.69. The number of hydrogen-bond acceptors (Lipinski definition) is 2. The molecule has 0 aliphatic rings. The summed E-state index contributed by atoms with van der Waals surface area (Å²) < 4.78 is 1.24. The third-order valence-electron chi connectivity index (χ3n) is 2.27. The number of nitrogens with one attached hydrogen (secondary N) is 1. The summed E-state index contributed by atoms with van der Waals surface area (Å²) in [7, 11) is 0. The maximum atomic E-state index is 4.35. The fourth-order valence-electron chi connectivity index (χ4n) is 1.53. The Labute approximate surface area is 103 Å². The molecule has 78 valence electrons. The summed E-state index contributed by atoms with van der Waals surface area (Å²) in [5.74, 6) is 0. The Morgan fingerprint density at radius 2 is 2.20 bits per heavy atom. The molecular formula is C12H13IN2. The lowest BCUT2D eigenvalue weighted by atomic mass is 10.2. The van der Waals surface area contributed by atoms with E-state index in [1.165, 1.54) is 14.6 Å². The van der Waals surface area contributed by atoms with Crippen LogP contribution in [0.3, 0.4) is 0 Å². The number of rotatable bonds is 3. The van der Waals surface area contributed by atoms with E-state index in [1.807, 2.05) is 12.3 Å². The van der Waals surface area contributed by atoms with Crippen LogP contribution in [0.5, 0.6) is 0 Å². The van der Waals surface area contributed by atoms with Crippen molar-refractivity contribution in [2.45, 2.75) is 13.3 Å². The van der Waals surface area contributed by atoms with Gasteiger partial charge in [0.25, 0.3) is 0 Å². The highest BCUT2D eigenvalue weighted by molar-refractivity contribution is 14.1. The van der Waals surface area contributed by atoms with Gasteiger partial charge in [-0.15, -0.1) is 0 Å². The van der Waals surface area contributed by atoms with Crippen LogP contribution in [0.4, 0.5) is 5.69 Å². The minimum atomic E-state index is 1.00. The minimum Gasteiger partial charge on any atom is -0.384 e. The van der Waals surface area contributed by atoms with E-state index in [4.69, 9.17) is 0 Å². The van der Waals surface area contributed by atoms with Gasteiger partial charge in [0, 0.05) is 27.4 Å². The summed E-state index contributed by atoms with van der Waals surface area (Å²) in [6.45, 7) is 3.17. The third-order valence-corrected chi connectivity index (χ3v) is 2.94. The van der Waals surface area contributed by atoms with Crippen molar-refractivity contribution in [2.75, 3.05) is 11.9 Å². The van der Waals surface area contributed by atoms with E-state index in [9.17, 15) is 0 Å². The summed E-state index contributed by atoms with van der Waals surface area (Å²) in [5.41, 5.74) is 2.23. The van der Waals surface area contributed by atoms with Gasteiger partial charge in [0.15, 0.2) is 0 Å². The van der Waals surface area contributed by atoms with Gasteiger partial charge in [-0.2, -0.15) is 0 Å². The van der Waals surface area contributed by atoms with E-state index in [2.05, 4.69) is 58.0 Å². The van der Waals surface area contributed by atoms with Gasteiger partial charge in [-0.3, -0.25) is 4.98 Å². The number of hydrogen-bond donors (Lipinski definition) is 1. The molecule has 0 spiro atoms. The molecule has 0 amide bonds. The molecule has 2 rings (SSSR count). The van der Waals surface area contributed by atoms with Crippen LogP contribution in [-0.4, -0.2) is 11.5 Å². The van der Waals surface area contributed by atoms with Crippen molar-refractivity contribution in [1.29, 1.82) is 0 Å². The monoisotopic (exact) mass is 312 g/mol. The summed E-state index contributed by atoms with van der Waals surface area (Å²) in [4.78, 5) is 4.35. The smallest absolute Gasteiger partial charge is 0.0723 e. The average molecular weight is 312 g/mol. The van der Waals surface area contributed by atoms with Crippen molar-refractivity contribution in [1.82, 2.24) is 4.98 Å². The van der Waals surface area contributed by atoms with Gasteiger partial charge in [0.2, 0.25) is 0 Å². The van der Waals surface area contributed by atoms with Crippen molar-refractivity contribution >= 4 is 39.2 Å². The normalized spacial score (nSPS) is 10.5. The van der Waals surface area contributed by atoms with Gasteiger partial charge >= 0.3 is 0 Å². The molecule has 1 aromatic carbocycles. The number of benzene rings is 1. The predicted molar refractivity (Wildman–Crippen MR) is 73.2 cm³/mol. The first-order valence-corrected chi connectivity index (χ1v) is 6.17. The van der Waals surface area contributed by atoms with E-state index in [1.54, 1.807) is 0 Å². The Balaban J connectivity index is 2.48. The summed E-state index contributed by atoms with van der Waals surface area (Å²) in [5, 5.41) is 4.63. The number of anilines is 1. The fraction of sp³-hybridized carbons (Fsp3) is 0.250. The highest BCUT2D eigenvalue weighted by Crippen LogP contribution is 2.23. The number of fused-ring (bicyclic) bond motifs is 1. The fourth-order valence-corrected chi connectivity index (χ4v) is 2.02. The first-order valence-electron chi connectivity index (χ1n) is 5.09. The summed E-state index contributed by atoms with van der Waals surface area (Å²) in [6, 6.07) is 8.35. The largest absolute Gasteiger partial charge is 0.384 e. The van der Waals surface area contributed by atoms with Crippen molar-refractivity contribution in [3.05, 3.63) is 34.0 Å². The number of pyridine rings is 1. The quantitative estimate of drug-likeness (QED) is 0.875. The molecule has 0 saturated carbocycles. The molecule has 2 nitrogen and oxygen atoms in total. The molecule has 0 fully saturated rings. The number of aromatic nitrogens is 1. The molecule has 2 aromatic rings. The van der Waals surface area contributed by atoms with Crippen LogP contribution in [0.2, 0.25) is 0 Å². The molecule has 0 aliphatic carbocycles. The average Bonchev–Trinajstić information content (AvgIpc) is 2.26. The summed E-state index contributed by atoms with van der Waals surface area (Å²) >= 11 is 2.33. The number of nitrogens with zero attached hydrogens (tertiary/aromatic N) is 1. The Kier molecular flexibility index (Phi) is 3.41. The second-order valence-electron chi connectivity index (χ2n) is 3.45. The predicted octanol–water partition coefficient (Wildman–Crippen LogP) is 3.66. The van der Waals surface area contributed by atoms with E-state index in [0.717, 1.165) is 18.5 Å². The molecule has 0 atom stereocenters. The maximum absolute atomic E-state index is 4.35. The van der Waals surface area contributed by atoms with E-state index in [0.29, 0.717) is 0 Å². The maximum Gasteiger partial charge on any atom is 0.0723 e. The van der Waals surface area contributed by atoms with Gasteiger partial charge in [-0.05, 0) is 53.3 Å². The zero-order valence-corrected chi connectivity index (χ0v) is 10.8. The Morgan fingerprint density at radius 1 is 1.33 bits per heavy atom. The molecule has 3 heteroatoms. The molecule has 1 aromatic heterocycles. The number of halogens is 1. The lowest BCUT2D eigenvalue weighted by molar-refractivity contribution is 0.981. The van der Waals surface area contributed by atoms with E-state index >= 15 is 0 Å². The third kappa shape index (κ3) is 2.40. The van der Waals surface area contributed by atoms with Crippen molar-refractivity contribution in [2.24, 2.45) is 0 Å². The topological polar surface area (TPSA) is 24.9 Å². The van der Waals surface area contributed by atoms with E-state index < -0.39 is 0 Å². The van der Waals surface area contributed by atoms with Crippen molar-refractivity contribution < 1.29 is 0 Å². The van der Waals surface area contributed by atoms with E-state index in [-0.39, 0.29) is 0 Å². The zero-order chi connectivity index (χ0) is 10.7. The molecule has 1 N–H and O–H groups in total. The van der Waals surface area contributed by atoms with Gasteiger partial charge in [0.05, 0.1) is 5.52 Å².